The summed E-state index contributed by atoms with van der Waals surface area (Å²) in [7, 11) is -5.14. The second kappa shape index (κ2) is 39.5. The monoisotopic (exact) mass is 286 g/mol. The molecule has 96 valence electrons. The van der Waals surface area contributed by atoms with Gasteiger partial charge in [-0.1, -0.05) is 0 Å². The Morgan fingerprint density at radius 3 is 0.846 bits per heavy atom. The molecule has 0 aliphatic rings. The van der Waals surface area contributed by atoms with Gasteiger partial charge in [0.1, 0.15) is 0 Å². The van der Waals surface area contributed by atoms with E-state index in [0.29, 0.717) is 0 Å². The molecule has 13 heteroatoms. The molecule has 0 fully saturated rings. The van der Waals surface area contributed by atoms with E-state index in [9.17, 15) is 0 Å². The average molecular weight is 287 g/mol. The van der Waals surface area contributed by atoms with Gasteiger partial charge in [0.25, 0.3) is 0 Å². The molecule has 0 aliphatic carbocycles. The van der Waals surface area contributed by atoms with Crippen LogP contribution in [0.4, 0.5) is 0 Å². The second-order valence-corrected chi connectivity index (χ2v) is 1.41. The van der Waals surface area contributed by atoms with Crippen molar-refractivity contribution in [3.05, 3.63) is 0 Å². The second-order valence-electron chi connectivity index (χ2n) is 0.469. The van der Waals surface area contributed by atoms with E-state index in [4.69, 9.17) is 19.2 Å². The zero-order valence-corrected chi connectivity index (χ0v) is 8.28. The van der Waals surface area contributed by atoms with E-state index in [1.807, 2.05) is 0 Å². The van der Waals surface area contributed by atoms with Crippen LogP contribution in [0.25, 0.3) is 0 Å². The summed E-state index contributed by atoms with van der Waals surface area (Å²) in [5.41, 5.74) is 0. The molecule has 0 spiro atoms. The minimum absolute atomic E-state index is 0. The van der Waals surface area contributed by atoms with Gasteiger partial charge in [0.2, 0.25) is 0 Å². The molecular weight excluding hydrogens is 266 g/mol. The smallest absolute Gasteiger partial charge is 0.790 e. The van der Waals surface area contributed by atoms with Gasteiger partial charge in [-0.25, -0.2) is 0 Å². The van der Waals surface area contributed by atoms with Crippen LogP contribution in [0.1, 0.15) is 0 Å². The summed E-state index contributed by atoms with van der Waals surface area (Å²) in [6, 6.07) is 0. The quantitative estimate of drug-likeness (QED) is 0.257. The number of hydrogen-bond acceptors (Lipinski definition) is 3. The van der Waals surface area contributed by atoms with Crippen molar-refractivity contribution in [1.29, 1.82) is 0 Å². The van der Waals surface area contributed by atoms with Gasteiger partial charge in [0.05, 0.1) is 7.82 Å². The molecule has 0 aliphatic heterocycles. The van der Waals surface area contributed by atoms with E-state index in [1.165, 1.54) is 0 Å². The Labute approximate surface area is 82.7 Å². The topological polar surface area (TPSA) is 313 Å². The zero-order chi connectivity index (χ0) is 4.50. The normalized spacial score (nSPS) is 4.54. The molecule has 0 unspecified atom stereocenters. The van der Waals surface area contributed by atoms with Crippen LogP contribution in [0.15, 0.2) is 0 Å². The standard InChI is InChI=1S/Ni.H3O4P.7H2O/c;1-5(2,3)4;;;;;;;/h;(H3,1,2,3,4);7*1H2/q+2;;;;;;;;/p+4. The molecule has 0 aromatic heterocycles. The van der Waals surface area contributed by atoms with Gasteiger partial charge < -0.3 is 57.6 Å². The molecule has 0 saturated carbocycles. The minimum Gasteiger partial charge on any atom is -0.790 e. The summed E-state index contributed by atoms with van der Waals surface area (Å²) in [6.45, 7) is 0. The number of phosphoric acid groups is 1. The molecule has 0 rings (SSSR count). The Morgan fingerprint density at radius 2 is 0.846 bits per heavy atom. The molecular formula is H21NiO11P+6. The SMILES string of the molecule is O.O=P([O-])([O-])O.[Ni+2].[OH3+].[OH3+].[OH3+].[OH3+].[OH3+].[OH3+]. The molecule has 0 aromatic rings. The van der Waals surface area contributed by atoms with Crippen LogP contribution in [0.2, 0.25) is 0 Å². The van der Waals surface area contributed by atoms with Crippen molar-refractivity contribution < 1.29 is 74.1 Å². The summed E-state index contributed by atoms with van der Waals surface area (Å²) >= 11 is 0. The molecule has 0 heterocycles. The average Bonchev–Trinajstić information content (AvgIpc) is 0.722. The minimum atomic E-state index is -5.14. The molecule has 11 nitrogen and oxygen atoms in total. The fourth-order valence-corrected chi connectivity index (χ4v) is 0. The first-order valence-corrected chi connectivity index (χ1v) is 2.24. The maximum Gasteiger partial charge on any atom is 2.00 e. The molecule has 0 saturated heterocycles. The largest absolute Gasteiger partial charge is 2.00 e. The Morgan fingerprint density at radius 1 is 0.846 bits per heavy atom. The third-order valence-electron chi connectivity index (χ3n) is 0. The van der Waals surface area contributed by atoms with Crippen molar-refractivity contribution in [2.75, 3.05) is 0 Å². The Hall–Kier alpha value is 0.324. The summed E-state index contributed by atoms with van der Waals surface area (Å²) in [4.78, 5) is 24.3. The predicted octanol–water partition coefficient (Wildman–Crippen LogP) is -8.55. The third-order valence-corrected chi connectivity index (χ3v) is 0. The van der Waals surface area contributed by atoms with Crippen molar-refractivity contribution in [3.8, 4) is 0 Å². The van der Waals surface area contributed by atoms with Crippen molar-refractivity contribution in [1.82, 2.24) is 0 Å². The van der Waals surface area contributed by atoms with E-state index in [0.717, 1.165) is 0 Å². The van der Waals surface area contributed by atoms with Crippen LogP contribution in [-0.2, 0) is 53.9 Å². The van der Waals surface area contributed by atoms with Crippen LogP contribution < -0.4 is 9.79 Å². The molecule has 0 amide bonds. The molecule has 21 N–H and O–H groups in total. The zero-order valence-electron chi connectivity index (χ0n) is 6.40. The van der Waals surface area contributed by atoms with E-state index in [1.54, 1.807) is 0 Å². The summed E-state index contributed by atoms with van der Waals surface area (Å²) in [5, 5.41) is 0. The summed E-state index contributed by atoms with van der Waals surface area (Å²) < 4.78 is 8.66. The molecule has 13 heavy (non-hydrogen) atoms. The molecule has 0 atom stereocenters. The van der Waals surface area contributed by atoms with E-state index < -0.39 is 7.82 Å². The first-order valence-electron chi connectivity index (χ1n) is 0.748. The number of rotatable bonds is 0. The van der Waals surface area contributed by atoms with Gasteiger partial charge in [0.15, 0.2) is 0 Å². The Bertz CT molecular complexity index is 56.2. The van der Waals surface area contributed by atoms with Crippen LogP contribution in [0.3, 0.4) is 0 Å². The maximum atomic E-state index is 8.66. The van der Waals surface area contributed by atoms with Gasteiger partial charge in [-0.2, -0.15) is 0 Å². The molecule has 0 aromatic carbocycles. The fourth-order valence-electron chi connectivity index (χ4n) is 0. The predicted molar refractivity (Wildman–Crippen MR) is 42.7 cm³/mol. The van der Waals surface area contributed by atoms with Crippen LogP contribution in [-0.4, -0.2) is 10.4 Å². The van der Waals surface area contributed by atoms with E-state index in [2.05, 4.69) is 0 Å². The van der Waals surface area contributed by atoms with Crippen molar-refractivity contribution in [2.24, 2.45) is 0 Å². The van der Waals surface area contributed by atoms with Crippen LogP contribution in [0, 0.1) is 0 Å². The van der Waals surface area contributed by atoms with Gasteiger partial charge in [-0.15, -0.1) is 0 Å². The Balaban J connectivity index is -0.00000000286. The van der Waals surface area contributed by atoms with Gasteiger partial charge in [0, 0.05) is 0 Å². The first kappa shape index (κ1) is 108. The number of hydrogen-bond donors (Lipinski definition) is 1. The van der Waals surface area contributed by atoms with E-state index in [-0.39, 0.29) is 54.8 Å². The summed E-state index contributed by atoms with van der Waals surface area (Å²) in [6.07, 6.45) is 0. The fraction of sp³-hybridized carbons (Fsp3) is 0. The van der Waals surface area contributed by atoms with E-state index >= 15 is 0 Å². The van der Waals surface area contributed by atoms with Gasteiger partial charge in [-0.05, 0) is 0 Å². The first-order chi connectivity index (χ1) is 2.00. The third kappa shape index (κ3) is 12500. The van der Waals surface area contributed by atoms with Gasteiger partial charge in [-0.3, -0.25) is 0 Å². The van der Waals surface area contributed by atoms with Gasteiger partial charge >= 0.3 is 16.5 Å². The maximum absolute atomic E-state index is 8.66. The van der Waals surface area contributed by atoms with Crippen LogP contribution >= 0.6 is 7.82 Å². The van der Waals surface area contributed by atoms with Crippen molar-refractivity contribution in [2.45, 2.75) is 0 Å². The summed E-state index contributed by atoms with van der Waals surface area (Å²) in [5.74, 6) is 0. The molecule has 0 radical (unpaired) electrons. The van der Waals surface area contributed by atoms with Crippen molar-refractivity contribution in [3.63, 3.8) is 0 Å². The Kier molecular flexibility index (Phi) is 329. The molecule has 0 bridgehead atoms. The van der Waals surface area contributed by atoms with Crippen LogP contribution in [0.5, 0.6) is 0 Å². The van der Waals surface area contributed by atoms with Crippen molar-refractivity contribution >= 4 is 7.82 Å².